The van der Waals surface area contributed by atoms with E-state index in [1.165, 1.54) is 29.5 Å². The van der Waals surface area contributed by atoms with E-state index in [4.69, 9.17) is 14.8 Å². The summed E-state index contributed by atoms with van der Waals surface area (Å²) >= 11 is 3.71. The number of carboxylic acid groups (broad SMARTS) is 1. The minimum absolute atomic E-state index is 0.0605. The second kappa shape index (κ2) is 19.8. The number of nitrogens with zero attached hydrogens (tertiary/aromatic N) is 1. The van der Waals surface area contributed by atoms with Gasteiger partial charge in [0.15, 0.2) is 0 Å². The highest BCUT2D eigenvalue weighted by Gasteiger charge is 2.30. The van der Waals surface area contributed by atoms with Crippen LogP contribution in [0.1, 0.15) is 158 Å². The van der Waals surface area contributed by atoms with Crippen LogP contribution in [-0.4, -0.2) is 28.7 Å². The number of rotatable bonds is 11. The zero-order valence-electron chi connectivity index (χ0n) is 32.8. The smallest absolute Gasteiger partial charge is 0.311 e. The summed E-state index contributed by atoms with van der Waals surface area (Å²) in [5, 5.41) is 11.3. The number of carboxylic acids is 1. The van der Waals surface area contributed by atoms with Gasteiger partial charge in [-0.1, -0.05) is 121 Å². The first kappa shape index (κ1) is 45.7. The third-order valence-electron chi connectivity index (χ3n) is 7.47. The summed E-state index contributed by atoms with van der Waals surface area (Å²) in [5.74, 6) is -0.958. The van der Waals surface area contributed by atoms with Gasteiger partial charge < -0.3 is 9.84 Å². The number of aliphatic carboxylic acids is 1. The maximum absolute atomic E-state index is 12.7. The van der Waals surface area contributed by atoms with E-state index in [0.717, 1.165) is 28.9 Å². The van der Waals surface area contributed by atoms with E-state index in [0.29, 0.717) is 5.75 Å². The molecule has 1 atom stereocenters. The lowest BCUT2D eigenvalue weighted by Crippen LogP contribution is -2.22. The summed E-state index contributed by atoms with van der Waals surface area (Å²) in [4.78, 5) is 34.7. The van der Waals surface area contributed by atoms with Crippen molar-refractivity contribution >= 4 is 35.5 Å². The van der Waals surface area contributed by atoms with Crippen LogP contribution in [0.5, 0.6) is 5.75 Å². The van der Waals surface area contributed by atoms with Gasteiger partial charge in [-0.05, 0) is 70.4 Å². The molecule has 1 unspecified atom stereocenters. The number of hydrogen-bond donors (Lipinski definition) is 1. The first-order valence-corrected chi connectivity index (χ1v) is 19.0. The van der Waals surface area contributed by atoms with Gasteiger partial charge in [-0.15, -0.1) is 23.5 Å². The third kappa shape index (κ3) is 15.9. The number of ether oxygens (including phenoxy) is 1. The molecule has 0 heterocycles. The number of carbonyl (C=O) groups is 2. The van der Waals surface area contributed by atoms with Crippen LogP contribution in [0.4, 0.5) is 0 Å². The summed E-state index contributed by atoms with van der Waals surface area (Å²) in [7, 11) is 1.19. The van der Waals surface area contributed by atoms with Crippen LogP contribution in [-0.2, 0) is 31.2 Å². The van der Waals surface area contributed by atoms with E-state index in [-0.39, 0.29) is 39.1 Å². The molecule has 0 saturated heterocycles. The quantitative estimate of drug-likeness (QED) is 0.0818. The second-order valence-corrected chi connectivity index (χ2v) is 19.2. The summed E-state index contributed by atoms with van der Waals surface area (Å²) in [6.07, 6.45) is 3.15. The molecule has 48 heavy (non-hydrogen) atoms. The Bertz CT molecular complexity index is 1300. The first-order chi connectivity index (χ1) is 21.9. The Morgan fingerprint density at radius 3 is 1.54 bits per heavy atom. The first-order valence-electron chi connectivity index (χ1n) is 17.2. The highest BCUT2D eigenvalue weighted by molar-refractivity contribution is 8.17. The molecular weight excluding hydrogens is 639 g/mol. The molecule has 2 aromatic carbocycles. The standard InChI is InChI=1S/C36H54O4S2.C3H8.CH3NO/c1-14-17-36(12,13)25-18-24(33(3,4)5)19-26(20-25)41-23(2)42-27-21-28(34(6,7)8)32(29(22-27)35(9,10)11)40-31(39)16-15-30(37)38;1-3-2;1-2-3/h18-23H,14-17H2,1-13H3,(H,37,38);3H2,1-2H3;1H3. The van der Waals surface area contributed by atoms with Crippen molar-refractivity contribution in [3.8, 4) is 5.75 Å². The third-order valence-corrected chi connectivity index (χ3v) is 9.73. The molecule has 2 aromatic rings. The van der Waals surface area contributed by atoms with Crippen molar-refractivity contribution in [1.82, 2.24) is 0 Å². The number of benzene rings is 2. The van der Waals surface area contributed by atoms with E-state index in [2.05, 4.69) is 139 Å². The number of carbonyl (C=O) groups excluding carboxylic acids is 1. The molecule has 0 amide bonds. The minimum atomic E-state index is -1.01. The Morgan fingerprint density at radius 2 is 1.17 bits per heavy atom. The van der Waals surface area contributed by atoms with Gasteiger partial charge in [-0.2, -0.15) is 4.91 Å². The average Bonchev–Trinajstić information content (AvgIpc) is 2.91. The highest BCUT2D eigenvalue weighted by atomic mass is 32.2. The molecule has 0 aliphatic carbocycles. The second-order valence-electron chi connectivity index (χ2n) is 16.0. The van der Waals surface area contributed by atoms with Crippen LogP contribution in [0.3, 0.4) is 0 Å². The molecule has 0 saturated carbocycles. The van der Waals surface area contributed by atoms with Crippen molar-refractivity contribution in [3.63, 3.8) is 0 Å². The molecule has 0 bridgehead atoms. The zero-order valence-corrected chi connectivity index (χ0v) is 34.5. The molecule has 0 spiro atoms. The van der Waals surface area contributed by atoms with E-state index in [9.17, 15) is 9.59 Å². The van der Waals surface area contributed by atoms with Gasteiger partial charge in [-0.25, -0.2) is 0 Å². The van der Waals surface area contributed by atoms with Gasteiger partial charge in [0, 0.05) is 20.9 Å². The summed E-state index contributed by atoms with van der Waals surface area (Å²) in [6.45, 7) is 33.0. The normalized spacial score (nSPS) is 12.6. The van der Waals surface area contributed by atoms with Gasteiger partial charge in [0.1, 0.15) is 5.75 Å². The number of hydrogen-bond acceptors (Lipinski definition) is 7. The zero-order chi connectivity index (χ0) is 37.7. The number of thioether (sulfide) groups is 2. The fraction of sp³-hybridized carbons (Fsp3) is 0.650. The fourth-order valence-corrected chi connectivity index (χ4v) is 7.32. The predicted molar refractivity (Wildman–Crippen MR) is 208 cm³/mol. The van der Waals surface area contributed by atoms with Crippen molar-refractivity contribution in [2.75, 3.05) is 7.05 Å². The van der Waals surface area contributed by atoms with Gasteiger partial charge in [0.25, 0.3) is 0 Å². The van der Waals surface area contributed by atoms with Crippen LogP contribution >= 0.6 is 23.5 Å². The SMILES string of the molecule is CCC.CCCC(C)(C)c1cc(SC(C)Sc2cc(C(C)(C)C)c(OC(=O)CCC(=O)O)c(C(C)(C)C)c2)cc(C(C)(C)C)c1.CN=O. The molecule has 0 fully saturated rings. The van der Waals surface area contributed by atoms with E-state index in [1.54, 1.807) is 0 Å². The van der Waals surface area contributed by atoms with Gasteiger partial charge in [0.2, 0.25) is 0 Å². The van der Waals surface area contributed by atoms with E-state index < -0.39 is 11.9 Å². The Morgan fingerprint density at radius 1 is 0.750 bits per heavy atom. The van der Waals surface area contributed by atoms with Crippen LogP contribution in [0.2, 0.25) is 0 Å². The van der Waals surface area contributed by atoms with Gasteiger partial charge in [0.05, 0.1) is 24.5 Å². The lowest BCUT2D eigenvalue weighted by molar-refractivity contribution is -0.142. The molecule has 0 aliphatic heterocycles. The van der Waals surface area contributed by atoms with Gasteiger partial charge >= 0.3 is 11.9 Å². The van der Waals surface area contributed by atoms with Crippen molar-refractivity contribution in [3.05, 3.63) is 57.5 Å². The molecule has 0 aliphatic rings. The Balaban J connectivity index is 0.00000341. The lowest BCUT2D eigenvalue weighted by atomic mass is 9.77. The summed E-state index contributed by atoms with van der Waals surface area (Å²) < 4.78 is 6.17. The van der Waals surface area contributed by atoms with Crippen LogP contribution < -0.4 is 4.74 Å². The van der Waals surface area contributed by atoms with Crippen molar-refractivity contribution < 1.29 is 19.4 Å². The van der Waals surface area contributed by atoms with E-state index >= 15 is 0 Å². The van der Waals surface area contributed by atoms with Gasteiger partial charge in [-0.3, -0.25) is 9.59 Å². The Kier molecular flexibility index (Phi) is 18.8. The largest absolute Gasteiger partial charge is 0.481 e. The molecule has 6 nitrogen and oxygen atoms in total. The molecule has 272 valence electrons. The van der Waals surface area contributed by atoms with E-state index in [1.807, 2.05) is 23.5 Å². The molecule has 2 rings (SSSR count). The number of esters is 1. The summed E-state index contributed by atoms with van der Waals surface area (Å²) in [6, 6.07) is 11.4. The van der Waals surface area contributed by atoms with Crippen LogP contribution in [0, 0.1) is 4.91 Å². The Labute approximate surface area is 301 Å². The fourth-order valence-electron chi connectivity index (χ4n) is 4.94. The summed E-state index contributed by atoms with van der Waals surface area (Å²) in [5.41, 5.74) is 4.28. The van der Waals surface area contributed by atoms with Crippen LogP contribution in [0.25, 0.3) is 0 Å². The molecule has 0 aromatic heterocycles. The monoisotopic (exact) mass is 703 g/mol. The maximum atomic E-state index is 12.7. The van der Waals surface area contributed by atoms with Crippen molar-refractivity contribution in [2.45, 2.75) is 172 Å². The molecule has 8 heteroatoms. The highest BCUT2D eigenvalue weighted by Crippen LogP contribution is 2.46. The molecular formula is C40H65NO5S2. The number of nitroso groups, excluding NO2 is 1. The van der Waals surface area contributed by atoms with Crippen molar-refractivity contribution in [1.29, 1.82) is 0 Å². The average molecular weight is 704 g/mol. The topological polar surface area (TPSA) is 93.0 Å². The molecule has 0 radical (unpaired) electrons. The minimum Gasteiger partial charge on any atom is -0.481 e. The molecule has 1 N–H and O–H groups in total. The predicted octanol–water partition coefficient (Wildman–Crippen LogP) is 12.5. The lowest BCUT2D eigenvalue weighted by Gasteiger charge is -2.30. The van der Waals surface area contributed by atoms with Crippen molar-refractivity contribution in [2.24, 2.45) is 5.18 Å². The Hall–Kier alpha value is -2.32. The van der Waals surface area contributed by atoms with Crippen LogP contribution in [0.15, 0.2) is 45.3 Å². The maximum Gasteiger partial charge on any atom is 0.311 e.